The van der Waals surface area contributed by atoms with E-state index in [2.05, 4.69) is 5.32 Å². The second-order valence-corrected chi connectivity index (χ2v) is 6.32. The number of rotatable bonds is 6. The van der Waals surface area contributed by atoms with E-state index in [9.17, 15) is 9.59 Å². The highest BCUT2D eigenvalue weighted by atomic mass is 32.2. The van der Waals surface area contributed by atoms with Gasteiger partial charge in [-0.3, -0.25) is 4.79 Å². The van der Waals surface area contributed by atoms with E-state index in [1.165, 1.54) is 7.11 Å². The predicted molar refractivity (Wildman–Crippen MR) is 99.6 cm³/mol. The van der Waals surface area contributed by atoms with Gasteiger partial charge in [0.2, 0.25) is 0 Å². The topological polar surface area (TPSA) is 64.6 Å². The standard InChI is InChI=1S/C19H21NO4S/c1-12-6-5-7-16(13(12)2)20-18(21)11-24-19(22)15-9-8-14(25-4)10-17(15)23-3/h5-10H,11H2,1-4H3,(H,20,21). The van der Waals surface area contributed by atoms with Crippen LogP contribution in [-0.2, 0) is 9.53 Å². The number of carbonyl (C=O) groups excluding carboxylic acids is 2. The van der Waals surface area contributed by atoms with E-state index in [0.717, 1.165) is 16.0 Å². The fourth-order valence-corrected chi connectivity index (χ4v) is 2.68. The molecule has 1 amide bonds. The molecule has 0 heterocycles. The number of thioether (sulfide) groups is 1. The predicted octanol–water partition coefficient (Wildman–Crippen LogP) is 3.83. The van der Waals surface area contributed by atoms with Gasteiger partial charge in [-0.15, -0.1) is 11.8 Å². The van der Waals surface area contributed by atoms with Crippen LogP contribution in [0, 0.1) is 13.8 Å². The van der Waals surface area contributed by atoms with Crippen LogP contribution in [0.25, 0.3) is 0 Å². The molecule has 2 aromatic carbocycles. The first-order valence-electron chi connectivity index (χ1n) is 7.71. The minimum atomic E-state index is -0.597. The van der Waals surface area contributed by atoms with Crippen LogP contribution in [0.3, 0.4) is 0 Å². The lowest BCUT2D eigenvalue weighted by Gasteiger charge is -2.12. The first kappa shape index (κ1) is 18.9. The highest BCUT2D eigenvalue weighted by Crippen LogP contribution is 2.26. The van der Waals surface area contributed by atoms with Gasteiger partial charge in [0.1, 0.15) is 11.3 Å². The van der Waals surface area contributed by atoms with Crippen LogP contribution in [-0.4, -0.2) is 31.8 Å². The summed E-state index contributed by atoms with van der Waals surface area (Å²) >= 11 is 1.54. The Morgan fingerprint density at radius 3 is 2.60 bits per heavy atom. The number of aryl methyl sites for hydroxylation is 1. The summed E-state index contributed by atoms with van der Waals surface area (Å²) < 4.78 is 10.3. The van der Waals surface area contributed by atoms with Crippen LogP contribution in [0.2, 0.25) is 0 Å². The first-order chi connectivity index (χ1) is 12.0. The van der Waals surface area contributed by atoms with Crippen molar-refractivity contribution in [3.63, 3.8) is 0 Å². The Labute approximate surface area is 151 Å². The first-order valence-corrected chi connectivity index (χ1v) is 8.94. The lowest BCUT2D eigenvalue weighted by Crippen LogP contribution is -2.21. The number of methoxy groups -OCH3 is 1. The summed E-state index contributed by atoms with van der Waals surface area (Å²) in [6, 6.07) is 10.8. The van der Waals surface area contributed by atoms with Crippen molar-refractivity contribution in [2.24, 2.45) is 0 Å². The SMILES string of the molecule is COc1cc(SC)ccc1C(=O)OCC(=O)Nc1cccc(C)c1C. The number of carbonyl (C=O) groups is 2. The molecule has 0 aromatic heterocycles. The fraction of sp³-hybridized carbons (Fsp3) is 0.263. The maximum absolute atomic E-state index is 12.2. The van der Waals surface area contributed by atoms with Crippen LogP contribution >= 0.6 is 11.8 Å². The van der Waals surface area contributed by atoms with Gasteiger partial charge in [-0.1, -0.05) is 12.1 Å². The number of amides is 1. The molecular formula is C19H21NO4S. The third kappa shape index (κ3) is 4.76. The number of hydrogen-bond donors (Lipinski definition) is 1. The van der Waals surface area contributed by atoms with E-state index in [0.29, 0.717) is 17.0 Å². The van der Waals surface area contributed by atoms with E-state index >= 15 is 0 Å². The van der Waals surface area contributed by atoms with Crippen molar-refractivity contribution in [2.45, 2.75) is 18.7 Å². The lowest BCUT2D eigenvalue weighted by atomic mass is 10.1. The molecule has 1 N–H and O–H groups in total. The van der Waals surface area contributed by atoms with Crippen molar-refractivity contribution in [2.75, 3.05) is 25.3 Å². The lowest BCUT2D eigenvalue weighted by molar-refractivity contribution is -0.119. The Kier molecular flexibility index (Phi) is 6.47. The molecule has 0 aliphatic carbocycles. The Morgan fingerprint density at radius 2 is 1.92 bits per heavy atom. The molecule has 0 aliphatic rings. The van der Waals surface area contributed by atoms with Crippen molar-refractivity contribution in [1.29, 1.82) is 0 Å². The zero-order valence-corrected chi connectivity index (χ0v) is 15.5. The highest BCUT2D eigenvalue weighted by molar-refractivity contribution is 7.98. The molecule has 2 rings (SSSR count). The van der Waals surface area contributed by atoms with Gasteiger partial charge in [-0.25, -0.2) is 4.79 Å². The van der Waals surface area contributed by atoms with Crippen LogP contribution in [0.1, 0.15) is 21.5 Å². The van der Waals surface area contributed by atoms with Gasteiger partial charge in [0, 0.05) is 10.6 Å². The fourth-order valence-electron chi connectivity index (χ4n) is 2.25. The summed E-state index contributed by atoms with van der Waals surface area (Å²) in [5.74, 6) is -0.561. The number of ether oxygens (including phenoxy) is 2. The van der Waals surface area contributed by atoms with Crippen LogP contribution in [0.5, 0.6) is 5.75 Å². The minimum absolute atomic E-state index is 0.292. The second kappa shape index (κ2) is 8.58. The van der Waals surface area contributed by atoms with Gasteiger partial charge in [-0.2, -0.15) is 0 Å². The second-order valence-electron chi connectivity index (χ2n) is 5.44. The average Bonchev–Trinajstić information content (AvgIpc) is 2.62. The largest absolute Gasteiger partial charge is 0.496 e. The molecule has 6 heteroatoms. The summed E-state index contributed by atoms with van der Waals surface area (Å²) in [5, 5.41) is 2.75. The van der Waals surface area contributed by atoms with Crippen molar-refractivity contribution in [1.82, 2.24) is 0 Å². The molecule has 0 fully saturated rings. The van der Waals surface area contributed by atoms with Gasteiger partial charge in [0.05, 0.1) is 7.11 Å². The molecule has 132 valence electrons. The molecule has 0 spiro atoms. The molecule has 0 unspecified atom stereocenters. The van der Waals surface area contributed by atoms with Crippen molar-refractivity contribution < 1.29 is 19.1 Å². The quantitative estimate of drug-likeness (QED) is 0.627. The number of benzene rings is 2. The Morgan fingerprint density at radius 1 is 1.16 bits per heavy atom. The van der Waals surface area contributed by atoms with Gasteiger partial charge in [-0.05, 0) is 55.5 Å². The summed E-state index contributed by atoms with van der Waals surface area (Å²) in [6.45, 7) is 3.53. The number of anilines is 1. The summed E-state index contributed by atoms with van der Waals surface area (Å²) in [7, 11) is 1.49. The van der Waals surface area contributed by atoms with Gasteiger partial charge < -0.3 is 14.8 Å². The van der Waals surface area contributed by atoms with Crippen LogP contribution in [0.15, 0.2) is 41.3 Å². The third-order valence-corrected chi connectivity index (χ3v) is 4.57. The van der Waals surface area contributed by atoms with Crippen LogP contribution in [0.4, 0.5) is 5.69 Å². The molecule has 25 heavy (non-hydrogen) atoms. The zero-order chi connectivity index (χ0) is 18.4. The molecule has 0 saturated heterocycles. The summed E-state index contributed by atoms with van der Waals surface area (Å²) in [4.78, 5) is 25.2. The number of nitrogens with one attached hydrogen (secondary N) is 1. The Bertz CT molecular complexity index is 789. The van der Waals surface area contributed by atoms with E-state index in [1.54, 1.807) is 30.0 Å². The number of hydrogen-bond acceptors (Lipinski definition) is 5. The van der Waals surface area contributed by atoms with E-state index in [1.807, 2.05) is 38.3 Å². The molecule has 0 saturated carbocycles. The maximum atomic E-state index is 12.2. The summed E-state index contributed by atoms with van der Waals surface area (Å²) in [6.07, 6.45) is 1.93. The third-order valence-electron chi connectivity index (χ3n) is 3.84. The van der Waals surface area contributed by atoms with Gasteiger partial charge in [0.15, 0.2) is 6.61 Å². The van der Waals surface area contributed by atoms with E-state index in [-0.39, 0.29) is 12.5 Å². The zero-order valence-electron chi connectivity index (χ0n) is 14.7. The van der Waals surface area contributed by atoms with Crippen molar-refractivity contribution in [3.05, 3.63) is 53.1 Å². The van der Waals surface area contributed by atoms with Crippen LogP contribution < -0.4 is 10.1 Å². The molecule has 0 aliphatic heterocycles. The van der Waals surface area contributed by atoms with Crippen molar-refractivity contribution >= 4 is 29.3 Å². The molecular weight excluding hydrogens is 338 g/mol. The Balaban J connectivity index is 2.00. The molecule has 0 radical (unpaired) electrons. The smallest absolute Gasteiger partial charge is 0.342 e. The van der Waals surface area contributed by atoms with E-state index < -0.39 is 5.97 Å². The number of esters is 1. The molecule has 5 nitrogen and oxygen atoms in total. The normalized spacial score (nSPS) is 10.2. The Hall–Kier alpha value is -2.47. The maximum Gasteiger partial charge on any atom is 0.342 e. The molecule has 0 bridgehead atoms. The van der Waals surface area contributed by atoms with E-state index in [4.69, 9.17) is 9.47 Å². The van der Waals surface area contributed by atoms with Gasteiger partial charge in [0.25, 0.3) is 5.91 Å². The molecule has 2 aromatic rings. The highest BCUT2D eigenvalue weighted by Gasteiger charge is 2.16. The minimum Gasteiger partial charge on any atom is -0.496 e. The van der Waals surface area contributed by atoms with Gasteiger partial charge >= 0.3 is 5.97 Å². The monoisotopic (exact) mass is 359 g/mol. The summed E-state index contributed by atoms with van der Waals surface area (Å²) in [5.41, 5.74) is 3.06. The van der Waals surface area contributed by atoms with Crippen molar-refractivity contribution in [3.8, 4) is 5.75 Å². The molecule has 0 atom stereocenters. The average molecular weight is 359 g/mol.